The van der Waals surface area contributed by atoms with E-state index in [9.17, 15) is 4.21 Å². The SMILES string of the molecule is Cc1ccc2c(-c3nc(Nc4ccc(N5CCS(=N)(=O)CC5)cc4)ncc3C)c[nH]c2c1. The van der Waals surface area contributed by atoms with Crippen LogP contribution in [0.4, 0.5) is 17.3 Å². The van der Waals surface area contributed by atoms with Crippen molar-refractivity contribution in [1.29, 1.82) is 4.78 Å². The molecular weight excluding hydrogens is 420 g/mol. The molecule has 1 aliphatic heterocycles. The number of aromatic nitrogens is 3. The zero-order valence-corrected chi connectivity index (χ0v) is 19.0. The van der Waals surface area contributed by atoms with E-state index in [4.69, 9.17) is 9.76 Å². The zero-order chi connectivity index (χ0) is 22.3. The average molecular weight is 447 g/mol. The molecule has 1 aliphatic rings. The van der Waals surface area contributed by atoms with Gasteiger partial charge in [-0.15, -0.1) is 0 Å². The lowest BCUT2D eigenvalue weighted by atomic mass is 10.1. The molecule has 164 valence electrons. The van der Waals surface area contributed by atoms with Crippen molar-refractivity contribution in [2.75, 3.05) is 34.8 Å². The molecule has 2 aromatic carbocycles. The van der Waals surface area contributed by atoms with Gasteiger partial charge in [-0.05, 0) is 55.3 Å². The Hall–Kier alpha value is -3.39. The van der Waals surface area contributed by atoms with Crippen molar-refractivity contribution < 1.29 is 4.21 Å². The van der Waals surface area contributed by atoms with Crippen LogP contribution in [0.15, 0.2) is 54.9 Å². The standard InChI is InChI=1S/C24H26N6OS/c1-16-3-8-20-21(15-26-22(20)13-16)23-17(2)14-27-24(29-23)28-18-4-6-19(7-5-18)30-9-11-32(25,31)12-10-30/h3-8,13-15,25-26H,9-12H2,1-2H3,(H,27,28,29). The van der Waals surface area contributed by atoms with Crippen LogP contribution in [0.1, 0.15) is 11.1 Å². The third-order valence-electron chi connectivity index (χ3n) is 5.93. The Bertz CT molecular complexity index is 1380. The van der Waals surface area contributed by atoms with E-state index >= 15 is 0 Å². The molecule has 0 bridgehead atoms. The number of anilines is 3. The number of H-pyrrole nitrogens is 1. The maximum atomic E-state index is 11.9. The van der Waals surface area contributed by atoms with Crippen molar-refractivity contribution in [3.63, 3.8) is 0 Å². The maximum absolute atomic E-state index is 11.9. The first-order valence-corrected chi connectivity index (χ1v) is 12.6. The minimum atomic E-state index is -2.39. The maximum Gasteiger partial charge on any atom is 0.227 e. The molecule has 0 spiro atoms. The lowest BCUT2D eigenvalue weighted by molar-refractivity contribution is 0.664. The molecule has 8 heteroatoms. The van der Waals surface area contributed by atoms with Crippen molar-refractivity contribution in [3.8, 4) is 11.3 Å². The summed E-state index contributed by atoms with van der Waals surface area (Å²) in [5, 5.41) is 4.45. The van der Waals surface area contributed by atoms with Gasteiger partial charge in [-0.1, -0.05) is 12.1 Å². The molecule has 0 radical (unpaired) electrons. The summed E-state index contributed by atoms with van der Waals surface area (Å²) in [6, 6.07) is 14.5. The second-order valence-electron chi connectivity index (χ2n) is 8.36. The van der Waals surface area contributed by atoms with Crippen molar-refractivity contribution in [3.05, 3.63) is 66.0 Å². The highest BCUT2D eigenvalue weighted by molar-refractivity contribution is 7.92. The summed E-state index contributed by atoms with van der Waals surface area (Å²) in [6.07, 6.45) is 3.85. The predicted octanol–water partition coefficient (Wildman–Crippen LogP) is 4.85. The number of fused-ring (bicyclic) bond motifs is 1. The van der Waals surface area contributed by atoms with E-state index in [0.29, 0.717) is 30.5 Å². The zero-order valence-electron chi connectivity index (χ0n) is 18.2. The van der Waals surface area contributed by atoms with Crippen LogP contribution in [0.5, 0.6) is 0 Å². The van der Waals surface area contributed by atoms with Gasteiger partial charge in [-0.2, -0.15) is 0 Å². The van der Waals surface area contributed by atoms with Crippen molar-refractivity contribution in [2.45, 2.75) is 13.8 Å². The van der Waals surface area contributed by atoms with E-state index in [-0.39, 0.29) is 0 Å². The van der Waals surface area contributed by atoms with E-state index in [1.165, 1.54) is 5.56 Å². The van der Waals surface area contributed by atoms with Gasteiger partial charge in [0.2, 0.25) is 5.95 Å². The van der Waals surface area contributed by atoms with Crippen molar-refractivity contribution in [1.82, 2.24) is 15.0 Å². The van der Waals surface area contributed by atoms with Crippen LogP contribution in [-0.2, 0) is 9.73 Å². The minimum absolute atomic E-state index is 0.431. The highest BCUT2D eigenvalue weighted by Crippen LogP contribution is 2.31. The second-order valence-corrected chi connectivity index (χ2v) is 10.8. The number of aryl methyl sites for hydroxylation is 2. The molecule has 3 N–H and O–H groups in total. The molecule has 7 nitrogen and oxygen atoms in total. The number of nitrogens with one attached hydrogen (secondary N) is 3. The van der Waals surface area contributed by atoms with E-state index in [0.717, 1.165) is 39.1 Å². The topological polar surface area (TPSA) is 97.8 Å². The summed E-state index contributed by atoms with van der Waals surface area (Å²) in [7, 11) is -2.39. The molecule has 2 aromatic heterocycles. The average Bonchev–Trinajstić information content (AvgIpc) is 3.18. The molecular formula is C24H26N6OS. The van der Waals surface area contributed by atoms with Crippen molar-refractivity contribution in [2.24, 2.45) is 0 Å². The molecule has 0 amide bonds. The summed E-state index contributed by atoms with van der Waals surface area (Å²) < 4.78 is 19.6. The number of aromatic amines is 1. The molecule has 1 saturated heterocycles. The molecule has 0 unspecified atom stereocenters. The number of benzene rings is 2. The highest BCUT2D eigenvalue weighted by Gasteiger charge is 2.19. The monoisotopic (exact) mass is 446 g/mol. The first-order valence-electron chi connectivity index (χ1n) is 10.7. The first kappa shape index (κ1) is 20.5. The van der Waals surface area contributed by atoms with Crippen LogP contribution in [0.3, 0.4) is 0 Å². The predicted molar refractivity (Wildman–Crippen MR) is 131 cm³/mol. The van der Waals surface area contributed by atoms with Gasteiger partial charge in [0.15, 0.2) is 0 Å². The van der Waals surface area contributed by atoms with Crippen LogP contribution < -0.4 is 10.2 Å². The molecule has 32 heavy (non-hydrogen) atoms. The van der Waals surface area contributed by atoms with Gasteiger partial charge in [0, 0.05) is 74.6 Å². The van der Waals surface area contributed by atoms with E-state index in [1.807, 2.05) is 43.6 Å². The lowest BCUT2D eigenvalue weighted by Gasteiger charge is -2.30. The lowest BCUT2D eigenvalue weighted by Crippen LogP contribution is -2.39. The number of hydrogen-bond donors (Lipinski definition) is 3. The molecule has 0 aliphatic carbocycles. The smallest absolute Gasteiger partial charge is 0.227 e. The van der Waals surface area contributed by atoms with Gasteiger partial charge in [0.1, 0.15) is 0 Å². The number of nitrogens with zero attached hydrogens (tertiary/aromatic N) is 3. The van der Waals surface area contributed by atoms with Crippen molar-refractivity contribution >= 4 is 38.0 Å². The molecule has 0 atom stereocenters. The summed E-state index contributed by atoms with van der Waals surface area (Å²) in [4.78, 5) is 14.8. The fourth-order valence-electron chi connectivity index (χ4n) is 4.08. The molecule has 5 rings (SSSR count). The summed E-state index contributed by atoms with van der Waals surface area (Å²) in [5.74, 6) is 1.41. The highest BCUT2D eigenvalue weighted by atomic mass is 32.2. The van der Waals surface area contributed by atoms with Crippen LogP contribution in [0.2, 0.25) is 0 Å². The fraction of sp³-hybridized carbons (Fsp3) is 0.250. The molecule has 1 fully saturated rings. The Morgan fingerprint density at radius 1 is 1.09 bits per heavy atom. The van der Waals surface area contributed by atoms with E-state index in [1.54, 1.807) is 0 Å². The summed E-state index contributed by atoms with van der Waals surface area (Å²) in [5.41, 5.74) is 7.28. The second kappa shape index (κ2) is 7.94. The van der Waals surface area contributed by atoms with Crippen LogP contribution >= 0.6 is 0 Å². The van der Waals surface area contributed by atoms with Gasteiger partial charge in [0.05, 0.1) is 5.69 Å². The Kier molecular flexibility index (Phi) is 5.09. The van der Waals surface area contributed by atoms with E-state index < -0.39 is 9.73 Å². The van der Waals surface area contributed by atoms with E-state index in [2.05, 4.69) is 45.3 Å². The molecule has 3 heterocycles. The van der Waals surface area contributed by atoms with Gasteiger partial charge in [-0.3, -0.25) is 4.78 Å². The van der Waals surface area contributed by atoms with Crippen LogP contribution in [0, 0.1) is 18.6 Å². The largest absolute Gasteiger partial charge is 0.370 e. The quantitative estimate of drug-likeness (QED) is 0.416. The third kappa shape index (κ3) is 4.05. The molecule has 4 aromatic rings. The van der Waals surface area contributed by atoms with Gasteiger partial charge in [0.25, 0.3) is 0 Å². The Balaban J connectivity index is 1.37. The minimum Gasteiger partial charge on any atom is -0.370 e. The number of hydrogen-bond acceptors (Lipinski definition) is 6. The Morgan fingerprint density at radius 2 is 1.84 bits per heavy atom. The van der Waals surface area contributed by atoms with Gasteiger partial charge >= 0.3 is 0 Å². The van der Waals surface area contributed by atoms with Crippen LogP contribution in [0.25, 0.3) is 22.2 Å². The Morgan fingerprint density at radius 3 is 2.59 bits per heavy atom. The van der Waals surface area contributed by atoms with Crippen LogP contribution in [-0.4, -0.2) is 43.8 Å². The van der Waals surface area contributed by atoms with Gasteiger partial charge < -0.3 is 15.2 Å². The summed E-state index contributed by atoms with van der Waals surface area (Å²) >= 11 is 0. The fourth-order valence-corrected chi connectivity index (χ4v) is 5.32. The number of rotatable bonds is 4. The first-order chi connectivity index (χ1) is 15.4. The molecule has 0 saturated carbocycles. The normalized spacial score (nSPS) is 15.8. The summed E-state index contributed by atoms with van der Waals surface area (Å²) in [6.45, 7) is 5.42. The van der Waals surface area contributed by atoms with Gasteiger partial charge in [-0.25, -0.2) is 14.2 Å². The Labute approximate surface area is 187 Å². The third-order valence-corrected chi connectivity index (χ3v) is 7.62.